The van der Waals surface area contributed by atoms with Crippen molar-refractivity contribution in [2.45, 2.75) is 13.1 Å². The molecule has 2 aromatic heterocycles. The third kappa shape index (κ3) is 2.17. The highest BCUT2D eigenvalue weighted by atomic mass is 16.8. The Kier molecular flexibility index (Phi) is 2.71. The number of aromatic nitrogens is 4. The van der Waals surface area contributed by atoms with Crippen molar-refractivity contribution in [3.05, 3.63) is 24.4 Å². The fraction of sp³-hybridized carbons (Fsp3) is 0.364. The number of hydrogen-bond donors (Lipinski definition) is 1. The Balaban J connectivity index is 1.85. The van der Waals surface area contributed by atoms with E-state index in [0.717, 1.165) is 17.1 Å². The molecule has 1 N–H and O–H groups in total. The topological polar surface area (TPSA) is 85.4 Å². The van der Waals surface area contributed by atoms with E-state index in [0.29, 0.717) is 19.6 Å². The fourth-order valence-electron chi connectivity index (χ4n) is 2.21. The van der Waals surface area contributed by atoms with Crippen molar-refractivity contribution >= 4 is 6.16 Å². The third-order valence-electron chi connectivity index (χ3n) is 3.04. The summed E-state index contributed by atoms with van der Waals surface area (Å²) in [7, 11) is 1.86. The molecule has 8 nitrogen and oxygen atoms in total. The summed E-state index contributed by atoms with van der Waals surface area (Å²) < 4.78 is 3.79. The second kappa shape index (κ2) is 4.39. The van der Waals surface area contributed by atoms with Crippen molar-refractivity contribution in [3.8, 4) is 11.3 Å². The molecule has 19 heavy (non-hydrogen) atoms. The fourth-order valence-corrected chi connectivity index (χ4v) is 2.21. The van der Waals surface area contributed by atoms with E-state index in [1.807, 2.05) is 13.2 Å². The molecule has 0 unspecified atom stereocenters. The highest BCUT2D eigenvalue weighted by Gasteiger charge is 2.23. The van der Waals surface area contributed by atoms with Gasteiger partial charge in [0.15, 0.2) is 0 Å². The molecule has 1 aliphatic rings. The number of carboxylic acid groups (broad SMARTS) is 1. The lowest BCUT2D eigenvalue weighted by Gasteiger charge is -2.25. The molecule has 0 spiro atoms. The normalized spacial score (nSPS) is 15.2. The van der Waals surface area contributed by atoms with Gasteiger partial charge in [-0.1, -0.05) is 0 Å². The first-order valence-corrected chi connectivity index (χ1v) is 5.83. The first kappa shape index (κ1) is 11.7. The van der Waals surface area contributed by atoms with Gasteiger partial charge in [0, 0.05) is 25.4 Å². The van der Waals surface area contributed by atoms with E-state index in [1.54, 1.807) is 17.1 Å². The molecule has 0 aromatic carbocycles. The molecule has 3 rings (SSSR count). The van der Waals surface area contributed by atoms with Crippen LogP contribution in [-0.4, -0.2) is 42.2 Å². The molecule has 100 valence electrons. The maximum atomic E-state index is 10.5. The number of aryl methyl sites for hydroxylation is 1. The molecular formula is C11H13N5O3. The van der Waals surface area contributed by atoms with Crippen LogP contribution in [0.5, 0.6) is 0 Å². The molecule has 0 aliphatic carbocycles. The Morgan fingerprint density at radius 2 is 2.26 bits per heavy atom. The standard InChI is InChI=1S/C11H13N5O3/c1-14-6-8(4-13-14)9-5-12-10-7-15(19-11(17)18)2-3-16(9)10/h4-6H,2-3,7H2,1H3,(H,17,18). The largest absolute Gasteiger partial charge is 0.525 e. The summed E-state index contributed by atoms with van der Waals surface area (Å²) in [5.41, 5.74) is 1.98. The van der Waals surface area contributed by atoms with Crippen LogP contribution in [0.15, 0.2) is 18.6 Å². The highest BCUT2D eigenvalue weighted by molar-refractivity contribution is 5.57. The SMILES string of the molecule is Cn1cc(-c2cnc3n2CCN(OC(=O)O)C3)cn1. The van der Waals surface area contributed by atoms with Crippen LogP contribution in [0.3, 0.4) is 0 Å². The van der Waals surface area contributed by atoms with Crippen LogP contribution < -0.4 is 0 Å². The van der Waals surface area contributed by atoms with Gasteiger partial charge >= 0.3 is 6.16 Å². The van der Waals surface area contributed by atoms with E-state index in [4.69, 9.17) is 5.11 Å². The summed E-state index contributed by atoms with van der Waals surface area (Å²) in [5.74, 6) is 0.784. The number of rotatable bonds is 2. The number of hydroxylamine groups is 2. The smallest absolute Gasteiger partial charge is 0.448 e. The van der Waals surface area contributed by atoms with Crippen molar-refractivity contribution in [2.24, 2.45) is 7.05 Å². The Morgan fingerprint density at radius 1 is 1.42 bits per heavy atom. The summed E-state index contributed by atoms with van der Waals surface area (Å²) in [6.07, 6.45) is 4.18. The van der Waals surface area contributed by atoms with Crippen molar-refractivity contribution < 1.29 is 14.7 Å². The highest BCUT2D eigenvalue weighted by Crippen LogP contribution is 2.23. The summed E-state index contributed by atoms with van der Waals surface area (Å²) >= 11 is 0. The minimum absolute atomic E-state index is 0.354. The molecule has 0 saturated heterocycles. The summed E-state index contributed by atoms with van der Waals surface area (Å²) in [5, 5.41) is 14.1. The quantitative estimate of drug-likeness (QED) is 0.858. The third-order valence-corrected chi connectivity index (χ3v) is 3.04. The van der Waals surface area contributed by atoms with Crippen LogP contribution in [0.4, 0.5) is 4.79 Å². The average molecular weight is 263 g/mol. The molecular weight excluding hydrogens is 250 g/mol. The molecule has 3 heterocycles. The lowest BCUT2D eigenvalue weighted by atomic mass is 10.2. The molecule has 8 heteroatoms. The van der Waals surface area contributed by atoms with Gasteiger partial charge in [-0.05, 0) is 0 Å². The molecule has 0 bridgehead atoms. The molecule has 0 saturated carbocycles. The Bertz CT molecular complexity index is 618. The van der Waals surface area contributed by atoms with E-state index in [9.17, 15) is 4.79 Å². The van der Waals surface area contributed by atoms with Gasteiger partial charge in [-0.15, -0.1) is 5.06 Å². The minimum Gasteiger partial charge on any atom is -0.448 e. The van der Waals surface area contributed by atoms with E-state index in [1.165, 1.54) is 5.06 Å². The van der Waals surface area contributed by atoms with Gasteiger partial charge in [-0.3, -0.25) is 4.68 Å². The average Bonchev–Trinajstić information content (AvgIpc) is 2.93. The van der Waals surface area contributed by atoms with Gasteiger partial charge in [0.25, 0.3) is 0 Å². The molecule has 2 aromatic rings. The summed E-state index contributed by atoms with van der Waals surface area (Å²) in [4.78, 5) is 19.5. The number of imidazole rings is 1. The van der Waals surface area contributed by atoms with Crippen LogP contribution >= 0.6 is 0 Å². The lowest BCUT2D eigenvalue weighted by molar-refractivity contribution is -0.136. The second-order valence-electron chi connectivity index (χ2n) is 4.33. The number of hydrogen-bond acceptors (Lipinski definition) is 5. The molecule has 0 fully saturated rings. The van der Waals surface area contributed by atoms with Crippen LogP contribution in [-0.2, 0) is 25.0 Å². The summed E-state index contributed by atoms with van der Waals surface area (Å²) in [6, 6.07) is 0. The maximum absolute atomic E-state index is 10.5. The molecule has 0 radical (unpaired) electrons. The Labute approximate surface area is 108 Å². The first-order chi connectivity index (χ1) is 9.13. The minimum atomic E-state index is -1.30. The number of nitrogens with zero attached hydrogens (tertiary/aromatic N) is 5. The first-order valence-electron chi connectivity index (χ1n) is 5.83. The Morgan fingerprint density at radius 3 is 2.95 bits per heavy atom. The predicted molar refractivity (Wildman–Crippen MR) is 63.9 cm³/mol. The van der Waals surface area contributed by atoms with E-state index in [-0.39, 0.29) is 0 Å². The summed E-state index contributed by atoms with van der Waals surface area (Å²) in [6.45, 7) is 1.49. The van der Waals surface area contributed by atoms with Crippen LogP contribution in [0.1, 0.15) is 5.82 Å². The maximum Gasteiger partial charge on any atom is 0.525 e. The molecule has 1 aliphatic heterocycles. The van der Waals surface area contributed by atoms with Crippen molar-refractivity contribution in [1.82, 2.24) is 24.4 Å². The van der Waals surface area contributed by atoms with Gasteiger partial charge < -0.3 is 14.5 Å². The van der Waals surface area contributed by atoms with Gasteiger partial charge in [0.1, 0.15) is 5.82 Å². The van der Waals surface area contributed by atoms with E-state index >= 15 is 0 Å². The van der Waals surface area contributed by atoms with Crippen LogP contribution in [0.2, 0.25) is 0 Å². The monoisotopic (exact) mass is 263 g/mol. The number of carbonyl (C=O) groups is 1. The van der Waals surface area contributed by atoms with E-state index < -0.39 is 6.16 Å². The van der Waals surface area contributed by atoms with Crippen molar-refractivity contribution in [2.75, 3.05) is 6.54 Å². The zero-order valence-electron chi connectivity index (χ0n) is 10.4. The van der Waals surface area contributed by atoms with Crippen LogP contribution in [0, 0.1) is 0 Å². The molecule has 0 atom stereocenters. The number of fused-ring (bicyclic) bond motifs is 1. The van der Waals surface area contributed by atoms with Gasteiger partial charge in [0.05, 0.1) is 31.2 Å². The van der Waals surface area contributed by atoms with Gasteiger partial charge in [-0.25, -0.2) is 9.78 Å². The molecule has 0 amide bonds. The second-order valence-corrected chi connectivity index (χ2v) is 4.33. The lowest BCUT2D eigenvalue weighted by Crippen LogP contribution is -2.35. The van der Waals surface area contributed by atoms with Crippen LogP contribution in [0.25, 0.3) is 11.3 Å². The zero-order chi connectivity index (χ0) is 13.4. The predicted octanol–water partition coefficient (Wildman–Crippen LogP) is 0.709. The van der Waals surface area contributed by atoms with Gasteiger partial charge in [0.2, 0.25) is 0 Å². The Hall–Kier alpha value is -2.35. The van der Waals surface area contributed by atoms with Crippen molar-refractivity contribution in [3.63, 3.8) is 0 Å². The zero-order valence-corrected chi connectivity index (χ0v) is 10.4. The van der Waals surface area contributed by atoms with Gasteiger partial charge in [-0.2, -0.15) is 5.10 Å². The van der Waals surface area contributed by atoms with Crippen molar-refractivity contribution in [1.29, 1.82) is 0 Å². The van der Waals surface area contributed by atoms with E-state index in [2.05, 4.69) is 19.5 Å².